The van der Waals surface area contributed by atoms with E-state index in [2.05, 4.69) is 5.32 Å². The molecule has 14 heavy (non-hydrogen) atoms. The van der Waals surface area contributed by atoms with Gasteiger partial charge < -0.3 is 5.32 Å². The lowest BCUT2D eigenvalue weighted by atomic mass is 9.95. The highest BCUT2D eigenvalue weighted by atomic mass is 35.5. The number of amides is 1. The second-order valence-corrected chi connectivity index (χ2v) is 6.03. The highest BCUT2D eigenvalue weighted by Gasteiger charge is 2.32. The van der Waals surface area contributed by atoms with Crippen LogP contribution in [-0.4, -0.2) is 21.7 Å². The molecular formula is C9H14Cl3NO. The van der Waals surface area contributed by atoms with Gasteiger partial charge in [-0.2, -0.15) is 0 Å². The van der Waals surface area contributed by atoms with E-state index in [1.54, 1.807) is 0 Å². The average molecular weight is 259 g/mol. The minimum atomic E-state index is -1.37. The van der Waals surface area contributed by atoms with E-state index in [0.29, 0.717) is 0 Å². The van der Waals surface area contributed by atoms with E-state index in [4.69, 9.17) is 34.8 Å². The largest absolute Gasteiger partial charge is 0.349 e. The van der Waals surface area contributed by atoms with E-state index < -0.39 is 4.33 Å². The topological polar surface area (TPSA) is 29.1 Å². The monoisotopic (exact) mass is 257 g/mol. The summed E-state index contributed by atoms with van der Waals surface area (Å²) in [5.74, 6) is -0.363. The third-order valence-electron chi connectivity index (χ3n) is 2.40. The van der Waals surface area contributed by atoms with Crippen LogP contribution in [0.3, 0.4) is 0 Å². The fraction of sp³-hybridized carbons (Fsp3) is 0.889. The molecule has 1 saturated carbocycles. The van der Waals surface area contributed by atoms with Gasteiger partial charge in [0, 0.05) is 6.04 Å². The van der Waals surface area contributed by atoms with Crippen molar-refractivity contribution in [3.63, 3.8) is 0 Å². The highest BCUT2D eigenvalue weighted by Crippen LogP contribution is 2.25. The van der Waals surface area contributed by atoms with Crippen LogP contribution in [0.2, 0.25) is 0 Å². The molecule has 82 valence electrons. The summed E-state index contributed by atoms with van der Waals surface area (Å²) in [5.41, 5.74) is 0. The van der Waals surface area contributed by atoms with E-state index in [0.717, 1.165) is 25.7 Å². The van der Waals surface area contributed by atoms with Gasteiger partial charge in [-0.1, -0.05) is 36.0 Å². The zero-order valence-electron chi connectivity index (χ0n) is 8.03. The fourth-order valence-corrected chi connectivity index (χ4v) is 2.00. The molecule has 0 radical (unpaired) electrons. The molecule has 2 unspecified atom stereocenters. The molecule has 0 aromatic rings. The summed E-state index contributed by atoms with van der Waals surface area (Å²) in [6.07, 6.45) is 4.06. The first kappa shape index (κ1) is 12.4. The Bertz CT molecular complexity index is 215. The van der Waals surface area contributed by atoms with Crippen LogP contribution in [0, 0.1) is 0 Å². The molecule has 0 aliphatic heterocycles. The minimum Gasteiger partial charge on any atom is -0.349 e. The highest BCUT2D eigenvalue weighted by molar-refractivity contribution is 6.57. The van der Waals surface area contributed by atoms with Crippen LogP contribution in [-0.2, 0) is 4.79 Å². The van der Waals surface area contributed by atoms with Crippen LogP contribution < -0.4 is 5.32 Å². The number of nitrogens with one attached hydrogen (secondary N) is 1. The Labute approximate surface area is 99.3 Å². The van der Waals surface area contributed by atoms with Gasteiger partial charge in [0.25, 0.3) is 5.91 Å². The Balaban J connectivity index is 2.46. The number of carbonyl (C=O) groups is 1. The second-order valence-electron chi connectivity index (χ2n) is 3.77. The molecule has 1 fully saturated rings. The summed E-state index contributed by atoms with van der Waals surface area (Å²) in [7, 11) is 0. The van der Waals surface area contributed by atoms with Crippen molar-refractivity contribution in [3.05, 3.63) is 0 Å². The molecular weight excluding hydrogens is 244 g/mol. The molecule has 1 N–H and O–H groups in total. The maximum absolute atomic E-state index is 11.4. The van der Waals surface area contributed by atoms with Crippen molar-refractivity contribution in [1.29, 1.82) is 0 Å². The van der Waals surface area contributed by atoms with Gasteiger partial charge >= 0.3 is 0 Å². The van der Waals surface area contributed by atoms with Crippen LogP contribution in [0.15, 0.2) is 0 Å². The summed E-state index contributed by atoms with van der Waals surface area (Å²) in [5, 5.41) is 2.78. The maximum Gasteiger partial charge on any atom is 0.256 e. The number of alkyl halides is 3. The first-order valence-electron chi connectivity index (χ1n) is 4.74. The van der Waals surface area contributed by atoms with Gasteiger partial charge in [-0.25, -0.2) is 0 Å². The summed E-state index contributed by atoms with van der Waals surface area (Å²) < 4.78 is -1.37. The normalized spacial score (nSPS) is 28.6. The Morgan fingerprint density at radius 1 is 1.36 bits per heavy atom. The van der Waals surface area contributed by atoms with Gasteiger partial charge in [0.2, 0.25) is 0 Å². The summed E-state index contributed by atoms with van der Waals surface area (Å²) in [4.78, 5) is 11.4. The smallest absolute Gasteiger partial charge is 0.256 e. The molecule has 1 aliphatic carbocycles. The van der Waals surface area contributed by atoms with Crippen molar-refractivity contribution in [2.45, 2.75) is 48.4 Å². The van der Waals surface area contributed by atoms with Gasteiger partial charge in [-0.05, 0) is 19.8 Å². The standard InChI is InChI=1S/C9H14Cl3NO/c1-9(11,12)8(14)13-7-5-3-2-4-6(7)10/h6-7H,2-5H2,1H3,(H,13,14). The lowest BCUT2D eigenvalue weighted by Gasteiger charge is -2.29. The Morgan fingerprint density at radius 3 is 2.43 bits per heavy atom. The molecule has 0 aromatic heterocycles. The number of carbonyl (C=O) groups excluding carboxylic acids is 1. The number of halogens is 3. The predicted molar refractivity (Wildman–Crippen MR) is 60.2 cm³/mol. The van der Waals surface area contributed by atoms with Gasteiger partial charge in [-0.3, -0.25) is 4.79 Å². The summed E-state index contributed by atoms with van der Waals surface area (Å²) in [6.45, 7) is 1.46. The molecule has 1 amide bonds. The molecule has 0 bridgehead atoms. The minimum absolute atomic E-state index is 0.00313. The van der Waals surface area contributed by atoms with Crippen LogP contribution in [0.4, 0.5) is 0 Å². The Kier molecular flexibility index (Phi) is 4.35. The van der Waals surface area contributed by atoms with E-state index in [9.17, 15) is 4.79 Å². The molecule has 0 heterocycles. The van der Waals surface area contributed by atoms with Crippen LogP contribution >= 0.6 is 34.8 Å². The quantitative estimate of drug-likeness (QED) is 0.758. The van der Waals surface area contributed by atoms with E-state index in [-0.39, 0.29) is 17.3 Å². The number of hydrogen-bond acceptors (Lipinski definition) is 1. The first-order valence-corrected chi connectivity index (χ1v) is 5.93. The lowest BCUT2D eigenvalue weighted by Crippen LogP contribution is -2.47. The SMILES string of the molecule is CC(Cl)(Cl)C(=O)NC1CCCCC1Cl. The van der Waals surface area contributed by atoms with Gasteiger partial charge in [0.05, 0.1) is 5.38 Å². The van der Waals surface area contributed by atoms with Crippen LogP contribution in [0.25, 0.3) is 0 Å². The number of hydrogen-bond donors (Lipinski definition) is 1. The summed E-state index contributed by atoms with van der Waals surface area (Å²) >= 11 is 17.4. The molecule has 5 heteroatoms. The third-order valence-corrected chi connectivity index (χ3v) is 3.26. The molecule has 2 nitrogen and oxygen atoms in total. The van der Waals surface area contributed by atoms with Gasteiger partial charge in [0.15, 0.2) is 4.33 Å². The van der Waals surface area contributed by atoms with Crippen LogP contribution in [0.5, 0.6) is 0 Å². The van der Waals surface area contributed by atoms with Crippen molar-refractivity contribution < 1.29 is 4.79 Å². The Hall–Kier alpha value is 0.340. The predicted octanol–water partition coefficient (Wildman–Crippen LogP) is 2.85. The molecule has 0 spiro atoms. The zero-order chi connectivity index (χ0) is 10.8. The lowest BCUT2D eigenvalue weighted by molar-refractivity contribution is -0.122. The van der Waals surface area contributed by atoms with Crippen molar-refractivity contribution in [1.82, 2.24) is 5.32 Å². The van der Waals surface area contributed by atoms with Crippen molar-refractivity contribution in [3.8, 4) is 0 Å². The average Bonchev–Trinajstić information content (AvgIpc) is 2.07. The molecule has 1 aliphatic rings. The zero-order valence-corrected chi connectivity index (χ0v) is 10.3. The molecule has 0 saturated heterocycles. The van der Waals surface area contributed by atoms with Crippen molar-refractivity contribution in [2.75, 3.05) is 0 Å². The Morgan fingerprint density at radius 2 is 1.93 bits per heavy atom. The molecule has 1 rings (SSSR count). The fourth-order valence-electron chi connectivity index (χ4n) is 1.54. The van der Waals surface area contributed by atoms with Crippen LogP contribution in [0.1, 0.15) is 32.6 Å². The number of rotatable bonds is 2. The third kappa shape index (κ3) is 3.48. The first-order chi connectivity index (χ1) is 6.41. The van der Waals surface area contributed by atoms with E-state index in [1.165, 1.54) is 6.92 Å². The maximum atomic E-state index is 11.4. The second kappa shape index (κ2) is 4.91. The van der Waals surface area contributed by atoms with Gasteiger partial charge in [-0.15, -0.1) is 11.6 Å². The summed E-state index contributed by atoms with van der Waals surface area (Å²) in [6, 6.07) is 0.00902. The molecule has 2 atom stereocenters. The van der Waals surface area contributed by atoms with E-state index in [1.807, 2.05) is 0 Å². The van der Waals surface area contributed by atoms with Crippen molar-refractivity contribution in [2.24, 2.45) is 0 Å². The van der Waals surface area contributed by atoms with E-state index >= 15 is 0 Å². The van der Waals surface area contributed by atoms with Gasteiger partial charge in [0.1, 0.15) is 0 Å². The van der Waals surface area contributed by atoms with Crippen molar-refractivity contribution >= 4 is 40.7 Å². The molecule has 0 aromatic carbocycles.